The Morgan fingerprint density at radius 2 is 1.53 bits per heavy atom. The third-order valence-corrected chi connectivity index (χ3v) is 5.97. The van der Waals surface area contributed by atoms with Crippen molar-refractivity contribution in [3.05, 3.63) is 100 Å². The molecule has 0 spiro atoms. The summed E-state index contributed by atoms with van der Waals surface area (Å²) in [6.07, 6.45) is 1.83. The SMILES string of the molecule is Cc1ccc(C(=O)NCc2ccc(F)cc2)c(C2CCN(Cc3ccc(F)cc3)CC2)n1. The Morgan fingerprint density at radius 1 is 0.938 bits per heavy atom. The fraction of sp³-hybridized carbons (Fsp3) is 0.308. The zero-order valence-electron chi connectivity index (χ0n) is 18.2. The molecule has 4 nitrogen and oxygen atoms in total. The number of nitrogens with one attached hydrogen (secondary N) is 1. The maximum Gasteiger partial charge on any atom is 0.253 e. The monoisotopic (exact) mass is 435 g/mol. The van der Waals surface area contributed by atoms with Crippen molar-refractivity contribution in [3.63, 3.8) is 0 Å². The van der Waals surface area contributed by atoms with Crippen molar-refractivity contribution >= 4 is 5.91 Å². The van der Waals surface area contributed by atoms with Crippen molar-refractivity contribution in [1.82, 2.24) is 15.2 Å². The van der Waals surface area contributed by atoms with Gasteiger partial charge in [-0.3, -0.25) is 14.7 Å². The van der Waals surface area contributed by atoms with Crippen LogP contribution in [-0.2, 0) is 13.1 Å². The zero-order chi connectivity index (χ0) is 22.5. The van der Waals surface area contributed by atoms with Gasteiger partial charge in [-0.05, 0) is 80.4 Å². The number of amides is 1. The second kappa shape index (κ2) is 10.0. The van der Waals surface area contributed by atoms with E-state index in [9.17, 15) is 13.6 Å². The van der Waals surface area contributed by atoms with Gasteiger partial charge in [-0.15, -0.1) is 0 Å². The Kier molecular flexibility index (Phi) is 6.90. The van der Waals surface area contributed by atoms with Crippen LogP contribution in [0, 0.1) is 18.6 Å². The molecule has 0 radical (unpaired) electrons. The number of carbonyl (C=O) groups is 1. The quantitative estimate of drug-likeness (QED) is 0.594. The van der Waals surface area contributed by atoms with Gasteiger partial charge >= 0.3 is 0 Å². The van der Waals surface area contributed by atoms with Crippen LogP contribution in [-0.4, -0.2) is 28.9 Å². The van der Waals surface area contributed by atoms with Crippen molar-refractivity contribution in [2.75, 3.05) is 13.1 Å². The number of likely N-dealkylation sites (tertiary alicyclic amines) is 1. The summed E-state index contributed by atoms with van der Waals surface area (Å²) in [4.78, 5) is 20.0. The second-order valence-electron chi connectivity index (χ2n) is 8.37. The van der Waals surface area contributed by atoms with Crippen LogP contribution in [0.2, 0.25) is 0 Å². The highest BCUT2D eigenvalue weighted by atomic mass is 19.1. The Bertz CT molecular complexity index is 1060. The summed E-state index contributed by atoms with van der Waals surface area (Å²) in [6.45, 7) is 4.86. The third-order valence-electron chi connectivity index (χ3n) is 5.97. The predicted molar refractivity (Wildman–Crippen MR) is 120 cm³/mol. The molecule has 1 saturated heterocycles. The van der Waals surface area contributed by atoms with Crippen LogP contribution < -0.4 is 5.32 Å². The Morgan fingerprint density at radius 3 is 2.16 bits per heavy atom. The Balaban J connectivity index is 1.40. The molecule has 2 aromatic carbocycles. The van der Waals surface area contributed by atoms with Crippen LogP contribution in [0.4, 0.5) is 8.78 Å². The van der Waals surface area contributed by atoms with Gasteiger partial charge < -0.3 is 5.32 Å². The molecule has 3 aromatic rings. The number of pyridine rings is 1. The summed E-state index contributed by atoms with van der Waals surface area (Å²) in [5, 5.41) is 2.94. The maximum atomic E-state index is 13.1. The second-order valence-corrected chi connectivity index (χ2v) is 8.37. The van der Waals surface area contributed by atoms with E-state index >= 15 is 0 Å². The molecular weight excluding hydrogens is 408 g/mol. The highest BCUT2D eigenvalue weighted by Crippen LogP contribution is 2.30. The molecule has 0 aliphatic carbocycles. The molecule has 1 amide bonds. The van der Waals surface area contributed by atoms with Gasteiger partial charge in [0.15, 0.2) is 0 Å². The number of rotatable bonds is 6. The average molecular weight is 436 g/mol. The first-order valence-electron chi connectivity index (χ1n) is 10.9. The summed E-state index contributed by atoms with van der Waals surface area (Å²) in [6, 6.07) is 16.5. The minimum absolute atomic E-state index is 0.162. The van der Waals surface area contributed by atoms with Crippen molar-refractivity contribution in [3.8, 4) is 0 Å². The number of carbonyl (C=O) groups excluding carboxylic acids is 1. The molecule has 6 heteroatoms. The van der Waals surface area contributed by atoms with Crippen molar-refractivity contribution in [2.24, 2.45) is 0 Å². The van der Waals surface area contributed by atoms with Gasteiger partial charge in [-0.25, -0.2) is 8.78 Å². The third kappa shape index (κ3) is 5.56. The Labute approximate surface area is 187 Å². The smallest absolute Gasteiger partial charge is 0.253 e. The lowest BCUT2D eigenvalue weighted by Crippen LogP contribution is -2.34. The van der Waals surface area contributed by atoms with E-state index in [1.165, 1.54) is 24.3 Å². The number of aryl methyl sites for hydroxylation is 1. The van der Waals surface area contributed by atoms with Gasteiger partial charge in [0.25, 0.3) is 5.91 Å². The molecule has 0 bridgehead atoms. The average Bonchev–Trinajstić information content (AvgIpc) is 2.80. The van der Waals surface area contributed by atoms with E-state index in [1.807, 2.05) is 31.2 Å². The van der Waals surface area contributed by atoms with Gasteiger partial charge in [-0.2, -0.15) is 0 Å². The minimum Gasteiger partial charge on any atom is -0.348 e. The molecule has 1 N–H and O–H groups in total. The normalized spacial score (nSPS) is 15.0. The molecule has 0 unspecified atom stereocenters. The van der Waals surface area contributed by atoms with E-state index < -0.39 is 0 Å². The Hall–Kier alpha value is -3.12. The van der Waals surface area contributed by atoms with Crippen LogP contribution in [0.15, 0.2) is 60.7 Å². The number of benzene rings is 2. The lowest BCUT2D eigenvalue weighted by molar-refractivity contribution is 0.0948. The van der Waals surface area contributed by atoms with Crippen molar-refractivity contribution < 1.29 is 13.6 Å². The van der Waals surface area contributed by atoms with E-state index in [0.717, 1.165) is 55.0 Å². The number of hydrogen-bond acceptors (Lipinski definition) is 3. The standard InChI is InChI=1S/C26H27F2N3O/c1-18-2-11-24(26(32)29-16-19-3-7-22(27)8-4-19)25(30-18)21-12-14-31(15-13-21)17-20-5-9-23(28)10-6-20/h2-11,21H,12-17H2,1H3,(H,29,32). The van der Waals surface area contributed by atoms with Gasteiger partial charge in [0, 0.05) is 24.7 Å². The lowest BCUT2D eigenvalue weighted by atomic mass is 9.89. The largest absolute Gasteiger partial charge is 0.348 e. The molecule has 4 rings (SSSR count). The number of piperidine rings is 1. The molecular formula is C26H27F2N3O. The molecule has 0 saturated carbocycles. The summed E-state index contributed by atoms with van der Waals surface area (Å²) >= 11 is 0. The summed E-state index contributed by atoms with van der Waals surface area (Å²) in [7, 11) is 0. The maximum absolute atomic E-state index is 13.1. The van der Waals surface area contributed by atoms with Crippen LogP contribution in [0.25, 0.3) is 0 Å². The predicted octanol–water partition coefficient (Wildman–Crippen LogP) is 4.98. The molecule has 0 atom stereocenters. The first-order valence-corrected chi connectivity index (χ1v) is 10.9. The van der Waals surface area contributed by atoms with Crippen LogP contribution in [0.5, 0.6) is 0 Å². The fourth-order valence-corrected chi connectivity index (χ4v) is 4.17. The summed E-state index contributed by atoms with van der Waals surface area (Å²) in [5.41, 5.74) is 4.29. The number of hydrogen-bond donors (Lipinski definition) is 1. The van der Waals surface area contributed by atoms with E-state index in [0.29, 0.717) is 12.1 Å². The molecule has 1 aliphatic rings. The van der Waals surface area contributed by atoms with Crippen LogP contribution >= 0.6 is 0 Å². The van der Waals surface area contributed by atoms with Crippen molar-refractivity contribution in [2.45, 2.75) is 38.8 Å². The molecule has 1 aromatic heterocycles. The highest BCUT2D eigenvalue weighted by Gasteiger charge is 2.26. The van der Waals surface area contributed by atoms with E-state index in [1.54, 1.807) is 12.1 Å². The topological polar surface area (TPSA) is 45.2 Å². The van der Waals surface area contributed by atoms with Crippen LogP contribution in [0.1, 0.15) is 51.6 Å². The van der Waals surface area contributed by atoms with Gasteiger partial charge in [-0.1, -0.05) is 24.3 Å². The van der Waals surface area contributed by atoms with E-state index in [4.69, 9.17) is 4.98 Å². The lowest BCUT2D eigenvalue weighted by Gasteiger charge is -2.32. The fourth-order valence-electron chi connectivity index (χ4n) is 4.17. The first kappa shape index (κ1) is 22.1. The molecule has 1 fully saturated rings. The summed E-state index contributed by atoms with van der Waals surface area (Å²) in [5.74, 6) is -0.462. The molecule has 1 aliphatic heterocycles. The minimum atomic E-state index is -0.295. The molecule has 32 heavy (non-hydrogen) atoms. The van der Waals surface area contributed by atoms with Gasteiger partial charge in [0.05, 0.1) is 11.3 Å². The molecule has 2 heterocycles. The van der Waals surface area contributed by atoms with Crippen LogP contribution in [0.3, 0.4) is 0 Å². The highest BCUT2D eigenvalue weighted by molar-refractivity contribution is 5.95. The van der Waals surface area contributed by atoms with E-state index in [-0.39, 0.29) is 23.5 Å². The zero-order valence-corrected chi connectivity index (χ0v) is 18.2. The first-order chi connectivity index (χ1) is 15.5. The van der Waals surface area contributed by atoms with Gasteiger partial charge in [0.2, 0.25) is 0 Å². The summed E-state index contributed by atoms with van der Waals surface area (Å²) < 4.78 is 26.2. The number of halogens is 2. The number of nitrogens with zero attached hydrogens (tertiary/aromatic N) is 2. The van der Waals surface area contributed by atoms with Gasteiger partial charge in [0.1, 0.15) is 11.6 Å². The molecule has 166 valence electrons. The van der Waals surface area contributed by atoms with Crippen molar-refractivity contribution in [1.29, 1.82) is 0 Å². The van der Waals surface area contributed by atoms with E-state index in [2.05, 4.69) is 10.2 Å². The number of aromatic nitrogens is 1.